The number of aromatic nitrogens is 3. The number of halogens is 3. The second kappa shape index (κ2) is 11.4. The zero-order valence-electron chi connectivity index (χ0n) is 24.4. The number of terminal acetylenes is 1. The van der Waals surface area contributed by atoms with Crippen LogP contribution in [0.3, 0.4) is 0 Å². The molecule has 2 atom stereocenters. The van der Waals surface area contributed by atoms with E-state index in [1.807, 2.05) is 4.90 Å². The molecule has 8 nitrogen and oxygen atoms in total. The van der Waals surface area contributed by atoms with Crippen LogP contribution in [0.25, 0.3) is 32.9 Å². The summed E-state index contributed by atoms with van der Waals surface area (Å²) < 4.78 is 63.7. The maximum absolute atomic E-state index is 16.8. The van der Waals surface area contributed by atoms with Crippen molar-refractivity contribution in [2.75, 3.05) is 58.0 Å². The average Bonchev–Trinajstić information content (AvgIpc) is 3.41. The van der Waals surface area contributed by atoms with Crippen molar-refractivity contribution in [1.82, 2.24) is 19.9 Å². The summed E-state index contributed by atoms with van der Waals surface area (Å²) in [6, 6.07) is 8.02. The van der Waals surface area contributed by atoms with Gasteiger partial charge in [-0.15, -0.1) is 6.42 Å². The lowest BCUT2D eigenvalue weighted by Crippen LogP contribution is -2.43. The monoisotopic (exact) mass is 603 g/mol. The number of pyridine rings is 1. The van der Waals surface area contributed by atoms with Crippen molar-refractivity contribution >= 4 is 27.5 Å². The zero-order chi connectivity index (χ0) is 30.4. The number of anilines is 1. The van der Waals surface area contributed by atoms with Crippen LogP contribution < -0.4 is 14.4 Å². The zero-order valence-corrected chi connectivity index (χ0v) is 24.4. The molecular formula is C33H32F3N5O3. The van der Waals surface area contributed by atoms with E-state index in [0.717, 1.165) is 25.8 Å². The van der Waals surface area contributed by atoms with Crippen LogP contribution in [0.5, 0.6) is 11.9 Å². The lowest BCUT2D eigenvalue weighted by molar-refractivity contribution is 0.107. The Morgan fingerprint density at radius 1 is 1.07 bits per heavy atom. The lowest BCUT2D eigenvalue weighted by Gasteiger charge is -2.31. The molecule has 11 heteroatoms. The first kappa shape index (κ1) is 28.6. The summed E-state index contributed by atoms with van der Waals surface area (Å²) in [6.07, 6.45) is 7.67. The van der Waals surface area contributed by atoms with Gasteiger partial charge in [-0.1, -0.05) is 30.2 Å². The van der Waals surface area contributed by atoms with Crippen LogP contribution in [-0.4, -0.2) is 84.7 Å². The number of hydrogen-bond acceptors (Lipinski definition) is 8. The lowest BCUT2D eigenvalue weighted by atomic mass is 9.95. The maximum atomic E-state index is 16.8. The predicted octanol–water partition coefficient (Wildman–Crippen LogP) is 5.30. The van der Waals surface area contributed by atoms with E-state index in [0.29, 0.717) is 61.4 Å². The van der Waals surface area contributed by atoms with Crippen molar-refractivity contribution in [3.8, 4) is 35.5 Å². The first-order chi connectivity index (χ1) is 21.4. The van der Waals surface area contributed by atoms with Gasteiger partial charge in [0.05, 0.1) is 24.8 Å². The number of rotatable bonds is 6. The number of ether oxygens (including phenoxy) is 3. The summed E-state index contributed by atoms with van der Waals surface area (Å²) in [5.41, 5.74) is -0.263. The fourth-order valence-electron chi connectivity index (χ4n) is 7.02. The van der Waals surface area contributed by atoms with Gasteiger partial charge in [0.1, 0.15) is 41.0 Å². The highest BCUT2D eigenvalue weighted by molar-refractivity contribution is 6.03. The average molecular weight is 604 g/mol. The maximum Gasteiger partial charge on any atom is 0.319 e. The van der Waals surface area contributed by atoms with Crippen molar-refractivity contribution in [1.29, 1.82) is 0 Å². The summed E-state index contributed by atoms with van der Waals surface area (Å²) in [5.74, 6) is 1.60. The van der Waals surface area contributed by atoms with Crippen LogP contribution in [0.2, 0.25) is 0 Å². The van der Waals surface area contributed by atoms with Gasteiger partial charge in [0.25, 0.3) is 0 Å². The Hall–Kier alpha value is -4.14. The standard InChI is InChI=1S/C33H32F3N5O3/c1-3-22-24(35)10-9-20-7-4-8-23(25(20)22)28-27(36)29-26(31(37-28)42-2)30(40-12-6-15-43-16-14-40)39-32(38-29)44-19-33-11-5-13-41(33)18-21(34)17-33/h1,4,7-10,21H,5-6,11-19H2,2H3/t21-,33+/m1/s1. The topological polar surface area (TPSA) is 72.8 Å². The molecule has 0 aliphatic carbocycles. The van der Waals surface area contributed by atoms with Gasteiger partial charge in [-0.3, -0.25) is 4.90 Å². The number of nitrogens with zero attached hydrogens (tertiary/aromatic N) is 5. The van der Waals surface area contributed by atoms with Gasteiger partial charge in [0.2, 0.25) is 5.88 Å². The van der Waals surface area contributed by atoms with Crippen LogP contribution in [0, 0.1) is 24.0 Å². The molecule has 7 rings (SSSR count). The summed E-state index contributed by atoms with van der Waals surface area (Å²) in [5, 5.41) is 1.29. The highest BCUT2D eigenvalue weighted by Crippen LogP contribution is 2.42. The molecule has 3 aliphatic heterocycles. The molecule has 0 bridgehead atoms. The molecule has 2 aromatic carbocycles. The van der Waals surface area contributed by atoms with Crippen LogP contribution in [0.1, 0.15) is 31.2 Å². The number of benzene rings is 2. The molecule has 3 aliphatic rings. The van der Waals surface area contributed by atoms with Gasteiger partial charge in [-0.05, 0) is 37.3 Å². The molecule has 0 unspecified atom stereocenters. The van der Waals surface area contributed by atoms with E-state index in [9.17, 15) is 8.78 Å². The van der Waals surface area contributed by atoms with Gasteiger partial charge >= 0.3 is 6.01 Å². The van der Waals surface area contributed by atoms with Gasteiger partial charge < -0.3 is 19.1 Å². The molecule has 0 saturated carbocycles. The molecule has 3 fully saturated rings. The van der Waals surface area contributed by atoms with Gasteiger partial charge in [-0.25, -0.2) is 18.2 Å². The Morgan fingerprint density at radius 3 is 2.80 bits per heavy atom. The van der Waals surface area contributed by atoms with E-state index in [-0.39, 0.29) is 40.7 Å². The molecule has 44 heavy (non-hydrogen) atoms. The smallest absolute Gasteiger partial charge is 0.319 e. The Balaban J connectivity index is 1.42. The van der Waals surface area contributed by atoms with Crippen molar-refractivity contribution in [3.05, 3.63) is 47.5 Å². The third-order valence-corrected chi connectivity index (χ3v) is 9.05. The highest BCUT2D eigenvalue weighted by Gasteiger charge is 2.49. The third-order valence-electron chi connectivity index (χ3n) is 9.05. The van der Waals surface area contributed by atoms with Crippen LogP contribution in [0.4, 0.5) is 19.0 Å². The molecule has 0 N–H and O–H groups in total. The SMILES string of the molecule is C#Cc1c(F)ccc2cccc(-c3nc(OC)c4c(N5CCCOCC5)nc(OC[C@@]56CCCN5C[C@H](F)C6)nc4c3F)c12. The molecule has 0 radical (unpaired) electrons. The Labute approximate surface area is 253 Å². The van der Waals surface area contributed by atoms with Gasteiger partial charge in [0, 0.05) is 43.6 Å². The number of methoxy groups -OCH3 is 1. The number of fused-ring (bicyclic) bond motifs is 3. The number of alkyl halides is 1. The van der Waals surface area contributed by atoms with Crippen molar-refractivity contribution in [3.63, 3.8) is 0 Å². The van der Waals surface area contributed by atoms with E-state index >= 15 is 4.39 Å². The summed E-state index contributed by atoms with van der Waals surface area (Å²) in [7, 11) is 1.44. The molecular weight excluding hydrogens is 571 g/mol. The second-order valence-corrected chi connectivity index (χ2v) is 11.6. The largest absolute Gasteiger partial charge is 0.480 e. The molecule has 0 spiro atoms. The molecule has 4 aromatic rings. The first-order valence-electron chi connectivity index (χ1n) is 14.9. The van der Waals surface area contributed by atoms with Crippen molar-refractivity contribution in [2.24, 2.45) is 0 Å². The molecule has 2 aromatic heterocycles. The van der Waals surface area contributed by atoms with E-state index in [1.165, 1.54) is 13.2 Å². The fourth-order valence-corrected chi connectivity index (χ4v) is 7.02. The minimum absolute atomic E-state index is 0.0124. The highest BCUT2D eigenvalue weighted by atomic mass is 19.1. The van der Waals surface area contributed by atoms with Crippen LogP contribution >= 0.6 is 0 Å². The van der Waals surface area contributed by atoms with Gasteiger partial charge in [-0.2, -0.15) is 9.97 Å². The van der Waals surface area contributed by atoms with E-state index in [1.54, 1.807) is 24.3 Å². The van der Waals surface area contributed by atoms with Crippen LogP contribution in [-0.2, 0) is 4.74 Å². The Morgan fingerprint density at radius 2 is 1.95 bits per heavy atom. The van der Waals surface area contributed by atoms with Gasteiger partial charge in [0.15, 0.2) is 5.82 Å². The molecule has 5 heterocycles. The third kappa shape index (κ3) is 4.77. The van der Waals surface area contributed by atoms with E-state index < -0.39 is 23.3 Å². The normalized spacial score (nSPS) is 22.2. The van der Waals surface area contributed by atoms with Crippen molar-refractivity contribution < 1.29 is 27.4 Å². The van der Waals surface area contributed by atoms with E-state index in [4.69, 9.17) is 25.6 Å². The summed E-state index contributed by atoms with van der Waals surface area (Å²) in [4.78, 5) is 18.1. The minimum atomic E-state index is -0.919. The predicted molar refractivity (Wildman–Crippen MR) is 161 cm³/mol. The molecule has 228 valence electrons. The van der Waals surface area contributed by atoms with Crippen LogP contribution in [0.15, 0.2) is 30.3 Å². The number of hydrogen-bond donors (Lipinski definition) is 0. The first-order valence-corrected chi connectivity index (χ1v) is 14.9. The quantitative estimate of drug-likeness (QED) is 0.275. The molecule has 0 amide bonds. The Bertz CT molecular complexity index is 1790. The Kier molecular flexibility index (Phi) is 7.42. The van der Waals surface area contributed by atoms with Crippen molar-refractivity contribution in [2.45, 2.75) is 37.4 Å². The summed E-state index contributed by atoms with van der Waals surface area (Å²) in [6.45, 7) is 3.55. The van der Waals surface area contributed by atoms with E-state index in [2.05, 4.69) is 20.8 Å². The fraction of sp³-hybridized carbons (Fsp3) is 0.424. The molecule has 3 saturated heterocycles. The minimum Gasteiger partial charge on any atom is -0.480 e. The second-order valence-electron chi connectivity index (χ2n) is 11.6. The summed E-state index contributed by atoms with van der Waals surface area (Å²) >= 11 is 0.